The van der Waals surface area contributed by atoms with E-state index in [4.69, 9.17) is 14.2 Å². The second-order valence-electron chi connectivity index (χ2n) is 7.04. The van der Waals surface area contributed by atoms with Gasteiger partial charge in [0.25, 0.3) is 0 Å². The monoisotopic (exact) mass is 361 g/mol. The summed E-state index contributed by atoms with van der Waals surface area (Å²) in [5.74, 6) is 1.71. The maximum atomic E-state index is 12.9. The molecule has 0 unspecified atom stereocenters. The number of amides is 1. The minimum Gasteiger partial charge on any atom is -0.469 e. The molecule has 6 nitrogen and oxygen atoms in total. The predicted octanol–water partition coefficient (Wildman–Crippen LogP) is 3.28. The second kappa shape index (κ2) is 8.92. The van der Waals surface area contributed by atoms with Gasteiger partial charge in [0.15, 0.2) is 11.5 Å². The van der Waals surface area contributed by atoms with Crippen molar-refractivity contribution in [3.05, 3.63) is 23.8 Å². The molecular formula is C20H27NO5. The average Bonchev–Trinajstić information content (AvgIpc) is 3.13. The Morgan fingerprint density at radius 2 is 1.92 bits per heavy atom. The van der Waals surface area contributed by atoms with Crippen molar-refractivity contribution in [3.63, 3.8) is 0 Å². The molecule has 1 aliphatic carbocycles. The zero-order valence-electron chi connectivity index (χ0n) is 15.4. The number of hydrogen-bond acceptors (Lipinski definition) is 5. The van der Waals surface area contributed by atoms with Gasteiger partial charge in [-0.15, -0.1) is 0 Å². The minimum atomic E-state index is -0.300. The molecule has 0 N–H and O–H groups in total. The molecule has 1 aliphatic heterocycles. The SMILES string of the molecule is COC(=O)CCN(Cc1ccc2c(c1)OCO2)C(=O)CC1CCCCC1. The summed E-state index contributed by atoms with van der Waals surface area (Å²) in [6.45, 7) is 1.05. The van der Waals surface area contributed by atoms with Crippen LogP contribution in [0.1, 0.15) is 50.5 Å². The highest BCUT2D eigenvalue weighted by Crippen LogP contribution is 2.33. The molecule has 142 valence electrons. The van der Waals surface area contributed by atoms with Gasteiger partial charge in [0.1, 0.15) is 0 Å². The fraction of sp³-hybridized carbons (Fsp3) is 0.600. The summed E-state index contributed by atoms with van der Waals surface area (Å²) in [7, 11) is 1.37. The molecular weight excluding hydrogens is 334 g/mol. The van der Waals surface area contributed by atoms with E-state index in [1.807, 2.05) is 18.2 Å². The highest BCUT2D eigenvalue weighted by atomic mass is 16.7. The molecule has 1 heterocycles. The fourth-order valence-corrected chi connectivity index (χ4v) is 3.65. The molecule has 26 heavy (non-hydrogen) atoms. The minimum absolute atomic E-state index is 0.110. The Hall–Kier alpha value is -2.24. The summed E-state index contributed by atoms with van der Waals surface area (Å²) >= 11 is 0. The zero-order valence-corrected chi connectivity index (χ0v) is 15.4. The molecule has 1 amide bonds. The standard InChI is InChI=1S/C20H27NO5/c1-24-20(23)9-10-21(19(22)12-15-5-3-2-4-6-15)13-16-7-8-17-18(11-16)26-14-25-17/h7-8,11,15H,2-6,9-10,12-14H2,1H3. The van der Waals surface area contributed by atoms with Crippen molar-refractivity contribution in [1.82, 2.24) is 4.90 Å². The molecule has 0 saturated heterocycles. The first-order valence-corrected chi connectivity index (χ1v) is 9.39. The predicted molar refractivity (Wildman–Crippen MR) is 95.8 cm³/mol. The molecule has 1 aromatic rings. The van der Waals surface area contributed by atoms with Crippen LogP contribution in [0.4, 0.5) is 0 Å². The van der Waals surface area contributed by atoms with Crippen molar-refractivity contribution < 1.29 is 23.8 Å². The van der Waals surface area contributed by atoms with E-state index in [9.17, 15) is 9.59 Å². The maximum absolute atomic E-state index is 12.9. The Morgan fingerprint density at radius 1 is 1.15 bits per heavy atom. The molecule has 0 atom stereocenters. The number of nitrogens with zero attached hydrogens (tertiary/aromatic N) is 1. The van der Waals surface area contributed by atoms with Crippen LogP contribution in [0, 0.1) is 5.92 Å². The maximum Gasteiger partial charge on any atom is 0.307 e. The Morgan fingerprint density at radius 3 is 2.69 bits per heavy atom. The van der Waals surface area contributed by atoms with Gasteiger partial charge in [-0.3, -0.25) is 9.59 Å². The van der Waals surface area contributed by atoms with Crippen molar-refractivity contribution in [3.8, 4) is 11.5 Å². The lowest BCUT2D eigenvalue weighted by molar-refractivity contribution is -0.142. The number of esters is 1. The summed E-state index contributed by atoms with van der Waals surface area (Å²) in [5.41, 5.74) is 0.969. The number of rotatable bonds is 7. The number of methoxy groups -OCH3 is 1. The quantitative estimate of drug-likeness (QED) is 0.698. The van der Waals surface area contributed by atoms with Gasteiger partial charge >= 0.3 is 5.97 Å². The van der Waals surface area contributed by atoms with E-state index in [-0.39, 0.29) is 25.1 Å². The summed E-state index contributed by atoms with van der Waals surface area (Å²) in [4.78, 5) is 26.2. The van der Waals surface area contributed by atoms with Gasteiger partial charge in [-0.2, -0.15) is 0 Å². The summed E-state index contributed by atoms with van der Waals surface area (Å²) < 4.78 is 15.5. The lowest BCUT2D eigenvalue weighted by Crippen LogP contribution is -2.34. The van der Waals surface area contributed by atoms with Crippen LogP contribution >= 0.6 is 0 Å². The summed E-state index contributed by atoms with van der Waals surface area (Å²) in [5, 5.41) is 0. The van der Waals surface area contributed by atoms with Crippen LogP contribution < -0.4 is 9.47 Å². The normalized spacial score (nSPS) is 16.3. The molecule has 1 fully saturated rings. The molecule has 0 bridgehead atoms. The Balaban J connectivity index is 1.65. The van der Waals surface area contributed by atoms with Crippen molar-refractivity contribution in [2.24, 2.45) is 5.92 Å². The molecule has 0 aromatic heterocycles. The number of fused-ring (bicyclic) bond motifs is 1. The van der Waals surface area contributed by atoms with E-state index >= 15 is 0 Å². The second-order valence-corrected chi connectivity index (χ2v) is 7.04. The zero-order chi connectivity index (χ0) is 18.4. The topological polar surface area (TPSA) is 65.1 Å². The molecule has 1 saturated carbocycles. The van der Waals surface area contributed by atoms with Gasteiger partial charge in [0.2, 0.25) is 12.7 Å². The fourth-order valence-electron chi connectivity index (χ4n) is 3.65. The number of carbonyl (C=O) groups excluding carboxylic acids is 2. The molecule has 0 radical (unpaired) electrons. The first-order valence-electron chi connectivity index (χ1n) is 9.39. The average molecular weight is 361 g/mol. The van der Waals surface area contributed by atoms with E-state index in [1.165, 1.54) is 26.4 Å². The number of hydrogen-bond donors (Lipinski definition) is 0. The largest absolute Gasteiger partial charge is 0.469 e. The van der Waals surface area contributed by atoms with E-state index in [0.717, 1.165) is 24.2 Å². The van der Waals surface area contributed by atoms with E-state index in [1.54, 1.807) is 4.90 Å². The van der Waals surface area contributed by atoms with E-state index < -0.39 is 0 Å². The third-order valence-corrected chi connectivity index (χ3v) is 5.16. The number of carbonyl (C=O) groups is 2. The number of ether oxygens (including phenoxy) is 3. The summed E-state index contributed by atoms with van der Waals surface area (Å²) in [6.07, 6.45) is 6.71. The molecule has 2 aliphatic rings. The van der Waals surface area contributed by atoms with Gasteiger partial charge in [-0.05, 0) is 36.5 Å². The molecule has 3 rings (SSSR count). The third kappa shape index (κ3) is 4.90. The molecule has 6 heteroatoms. The van der Waals surface area contributed by atoms with Gasteiger partial charge in [0, 0.05) is 19.5 Å². The van der Waals surface area contributed by atoms with Crippen LogP contribution in [0.3, 0.4) is 0 Å². The van der Waals surface area contributed by atoms with Crippen LogP contribution in [0.25, 0.3) is 0 Å². The van der Waals surface area contributed by atoms with Crippen LogP contribution in [-0.2, 0) is 20.9 Å². The van der Waals surface area contributed by atoms with Crippen LogP contribution in [0.5, 0.6) is 11.5 Å². The molecule has 0 spiro atoms. The molecule has 1 aromatic carbocycles. The summed E-state index contributed by atoms with van der Waals surface area (Å²) in [6, 6.07) is 5.70. The van der Waals surface area contributed by atoms with Crippen molar-refractivity contribution in [1.29, 1.82) is 0 Å². The lowest BCUT2D eigenvalue weighted by Gasteiger charge is -2.27. The van der Waals surface area contributed by atoms with Crippen LogP contribution in [0.15, 0.2) is 18.2 Å². The Labute approximate surface area is 154 Å². The van der Waals surface area contributed by atoms with E-state index in [2.05, 4.69) is 0 Å². The number of benzene rings is 1. The van der Waals surface area contributed by atoms with Gasteiger partial charge < -0.3 is 19.1 Å². The smallest absolute Gasteiger partial charge is 0.307 e. The third-order valence-electron chi connectivity index (χ3n) is 5.16. The Kier molecular flexibility index (Phi) is 6.36. The van der Waals surface area contributed by atoms with Gasteiger partial charge in [0.05, 0.1) is 13.5 Å². The van der Waals surface area contributed by atoms with Crippen molar-refractivity contribution in [2.45, 2.75) is 51.5 Å². The van der Waals surface area contributed by atoms with Crippen LogP contribution in [-0.4, -0.2) is 37.2 Å². The lowest BCUT2D eigenvalue weighted by atomic mass is 9.86. The van der Waals surface area contributed by atoms with Crippen molar-refractivity contribution >= 4 is 11.9 Å². The van der Waals surface area contributed by atoms with Crippen LogP contribution in [0.2, 0.25) is 0 Å². The highest BCUT2D eigenvalue weighted by molar-refractivity contribution is 5.77. The van der Waals surface area contributed by atoms with Crippen molar-refractivity contribution in [2.75, 3.05) is 20.4 Å². The Bertz CT molecular complexity index is 639. The van der Waals surface area contributed by atoms with Gasteiger partial charge in [-0.25, -0.2) is 0 Å². The first kappa shape index (κ1) is 18.5. The van der Waals surface area contributed by atoms with Gasteiger partial charge in [-0.1, -0.05) is 25.3 Å². The highest BCUT2D eigenvalue weighted by Gasteiger charge is 2.23. The first-order chi connectivity index (χ1) is 12.7. The van der Waals surface area contributed by atoms with E-state index in [0.29, 0.717) is 31.2 Å².